The fourth-order valence-electron chi connectivity index (χ4n) is 3.00. The number of hydrogen-bond donors (Lipinski definition) is 1. The van der Waals surface area contributed by atoms with Gasteiger partial charge in [-0.3, -0.25) is 19.3 Å². The van der Waals surface area contributed by atoms with Crippen LogP contribution in [0.4, 0.5) is 14.9 Å². The molecule has 0 aliphatic carbocycles. The van der Waals surface area contributed by atoms with Crippen molar-refractivity contribution in [2.75, 3.05) is 11.9 Å². The topological polar surface area (TPSA) is 66.5 Å². The Morgan fingerprint density at radius 1 is 1.00 bits per heavy atom. The summed E-state index contributed by atoms with van der Waals surface area (Å²) in [6.07, 6.45) is 1.67. The summed E-state index contributed by atoms with van der Waals surface area (Å²) in [6.45, 7) is -0.446. The molecule has 0 spiro atoms. The molecule has 3 amide bonds. The van der Waals surface area contributed by atoms with Crippen LogP contribution in [-0.4, -0.2) is 28.5 Å². The van der Waals surface area contributed by atoms with Gasteiger partial charge in [-0.2, -0.15) is 0 Å². The van der Waals surface area contributed by atoms with Gasteiger partial charge in [0.1, 0.15) is 12.4 Å². The molecule has 1 saturated heterocycles. The molecule has 1 N–H and O–H groups in total. The Morgan fingerprint density at radius 2 is 1.75 bits per heavy atom. The highest BCUT2D eigenvalue weighted by atomic mass is 32.2. The molecular weight excluding hydrogens is 447 g/mol. The van der Waals surface area contributed by atoms with E-state index < -0.39 is 29.4 Å². The van der Waals surface area contributed by atoms with E-state index in [0.29, 0.717) is 0 Å². The number of anilines is 1. The van der Waals surface area contributed by atoms with E-state index in [0.717, 1.165) is 38.1 Å². The monoisotopic (exact) mass is 464 g/mol. The smallest absolute Gasteiger partial charge is 0.294 e. The van der Waals surface area contributed by atoms with Crippen molar-refractivity contribution in [2.45, 2.75) is 9.79 Å². The van der Waals surface area contributed by atoms with Gasteiger partial charge in [-0.1, -0.05) is 54.2 Å². The lowest BCUT2D eigenvalue weighted by Crippen LogP contribution is -2.36. The molecule has 0 saturated carbocycles. The van der Waals surface area contributed by atoms with Gasteiger partial charge in [0.2, 0.25) is 5.91 Å². The van der Waals surface area contributed by atoms with Crippen molar-refractivity contribution in [3.8, 4) is 0 Å². The maximum absolute atomic E-state index is 13.3. The molecule has 0 bridgehead atoms. The zero-order valence-corrected chi connectivity index (χ0v) is 18.3. The Labute approximate surface area is 192 Å². The highest BCUT2D eigenvalue weighted by Gasteiger charge is 2.36. The van der Waals surface area contributed by atoms with Gasteiger partial charge in [0.25, 0.3) is 11.1 Å². The quantitative estimate of drug-likeness (QED) is 0.478. The molecule has 1 heterocycles. The van der Waals surface area contributed by atoms with Crippen LogP contribution in [0.2, 0.25) is 0 Å². The third-order valence-electron chi connectivity index (χ3n) is 4.46. The minimum absolute atomic E-state index is 0.245. The minimum atomic E-state index is -0.584. The summed E-state index contributed by atoms with van der Waals surface area (Å²) in [6, 6.07) is 22.8. The van der Waals surface area contributed by atoms with Gasteiger partial charge in [-0.25, -0.2) is 4.39 Å². The lowest BCUT2D eigenvalue weighted by Gasteiger charge is -2.12. The molecule has 1 aliphatic rings. The van der Waals surface area contributed by atoms with Crippen molar-refractivity contribution in [3.05, 3.63) is 95.1 Å². The van der Waals surface area contributed by atoms with E-state index in [1.807, 2.05) is 54.6 Å². The number of carbonyl (C=O) groups is 3. The molecule has 0 aromatic heterocycles. The fourth-order valence-corrected chi connectivity index (χ4v) is 4.76. The summed E-state index contributed by atoms with van der Waals surface area (Å²) >= 11 is 2.35. The maximum atomic E-state index is 13.3. The van der Waals surface area contributed by atoms with E-state index in [9.17, 15) is 18.8 Å². The van der Waals surface area contributed by atoms with Gasteiger partial charge in [0.15, 0.2) is 0 Å². The number of rotatable bonds is 6. The van der Waals surface area contributed by atoms with E-state index >= 15 is 0 Å². The largest absolute Gasteiger partial charge is 0.324 e. The summed E-state index contributed by atoms with van der Waals surface area (Å²) in [4.78, 5) is 40.6. The van der Waals surface area contributed by atoms with Crippen LogP contribution in [0.15, 0.2) is 93.6 Å². The van der Waals surface area contributed by atoms with Crippen molar-refractivity contribution in [3.63, 3.8) is 0 Å². The van der Waals surface area contributed by atoms with Crippen LogP contribution in [0.25, 0.3) is 6.08 Å². The van der Waals surface area contributed by atoms with Crippen LogP contribution in [0, 0.1) is 5.82 Å². The van der Waals surface area contributed by atoms with Crippen LogP contribution in [0.5, 0.6) is 0 Å². The molecule has 4 rings (SSSR count). The number of carbonyl (C=O) groups excluding carboxylic acids is 3. The average molecular weight is 465 g/mol. The molecule has 0 atom stereocenters. The number of thioether (sulfide) groups is 1. The maximum Gasteiger partial charge on any atom is 0.294 e. The molecule has 5 nitrogen and oxygen atoms in total. The average Bonchev–Trinajstić information content (AvgIpc) is 3.03. The Balaban J connectivity index is 1.49. The van der Waals surface area contributed by atoms with E-state index in [1.165, 1.54) is 18.2 Å². The third kappa shape index (κ3) is 5.27. The summed E-state index contributed by atoms with van der Waals surface area (Å²) in [5.74, 6) is -1.61. The van der Waals surface area contributed by atoms with Gasteiger partial charge in [0, 0.05) is 15.5 Å². The molecule has 3 aromatic carbocycles. The summed E-state index contributed by atoms with van der Waals surface area (Å²) in [5.41, 5.74) is 1.06. The molecule has 1 fully saturated rings. The first kappa shape index (κ1) is 21.9. The van der Waals surface area contributed by atoms with Crippen molar-refractivity contribution < 1.29 is 18.8 Å². The van der Waals surface area contributed by atoms with Gasteiger partial charge < -0.3 is 5.32 Å². The third-order valence-corrected chi connectivity index (χ3v) is 6.47. The number of amides is 3. The van der Waals surface area contributed by atoms with Crippen LogP contribution >= 0.6 is 23.5 Å². The van der Waals surface area contributed by atoms with Crippen LogP contribution < -0.4 is 5.32 Å². The lowest BCUT2D eigenvalue weighted by molar-refractivity contribution is -0.127. The first-order chi connectivity index (χ1) is 15.5. The summed E-state index contributed by atoms with van der Waals surface area (Å²) in [5, 5.41) is 1.97. The predicted molar refractivity (Wildman–Crippen MR) is 125 cm³/mol. The molecule has 3 aromatic rings. The lowest BCUT2D eigenvalue weighted by atomic mass is 10.2. The van der Waals surface area contributed by atoms with Gasteiger partial charge in [0.05, 0.1) is 4.91 Å². The Bertz CT molecular complexity index is 1210. The molecular formula is C24H17FN2O3S2. The van der Waals surface area contributed by atoms with Gasteiger partial charge in [-0.05, 0) is 59.8 Å². The van der Waals surface area contributed by atoms with Crippen LogP contribution in [0.3, 0.4) is 0 Å². The van der Waals surface area contributed by atoms with Crippen LogP contribution in [0.1, 0.15) is 5.56 Å². The number of halogens is 1. The van der Waals surface area contributed by atoms with Crippen LogP contribution in [-0.2, 0) is 9.59 Å². The Morgan fingerprint density at radius 3 is 2.53 bits per heavy atom. The van der Waals surface area contributed by atoms with Crippen molar-refractivity contribution >= 4 is 52.3 Å². The first-order valence-corrected chi connectivity index (χ1v) is 11.3. The molecule has 0 radical (unpaired) electrons. The summed E-state index contributed by atoms with van der Waals surface area (Å²) < 4.78 is 13.3. The Kier molecular flexibility index (Phi) is 6.72. The number of imide groups is 1. The normalized spacial score (nSPS) is 14.8. The van der Waals surface area contributed by atoms with E-state index in [1.54, 1.807) is 17.8 Å². The van der Waals surface area contributed by atoms with Gasteiger partial charge >= 0.3 is 0 Å². The summed E-state index contributed by atoms with van der Waals surface area (Å²) in [7, 11) is 0. The van der Waals surface area contributed by atoms with Crippen molar-refractivity contribution in [2.24, 2.45) is 0 Å². The molecule has 8 heteroatoms. The molecule has 160 valence electrons. The molecule has 1 aliphatic heterocycles. The number of benzene rings is 3. The van der Waals surface area contributed by atoms with Gasteiger partial charge in [-0.15, -0.1) is 0 Å². The van der Waals surface area contributed by atoms with E-state index in [4.69, 9.17) is 0 Å². The highest BCUT2D eigenvalue weighted by Crippen LogP contribution is 2.36. The molecule has 0 unspecified atom stereocenters. The van der Waals surface area contributed by atoms with E-state index in [2.05, 4.69) is 5.32 Å². The second kappa shape index (κ2) is 9.84. The number of nitrogens with zero attached hydrogens (tertiary/aromatic N) is 1. The second-order valence-corrected chi connectivity index (χ2v) is 8.89. The Hall–Kier alpha value is -3.36. The highest BCUT2D eigenvalue weighted by molar-refractivity contribution is 8.18. The number of nitrogens with one attached hydrogen (secondary N) is 1. The van der Waals surface area contributed by atoms with E-state index in [-0.39, 0.29) is 10.6 Å². The second-order valence-electron chi connectivity index (χ2n) is 6.78. The molecule has 32 heavy (non-hydrogen) atoms. The number of hydrogen-bond acceptors (Lipinski definition) is 5. The first-order valence-electron chi connectivity index (χ1n) is 9.62. The zero-order valence-electron chi connectivity index (χ0n) is 16.7. The van der Waals surface area contributed by atoms with Crippen molar-refractivity contribution in [1.29, 1.82) is 0 Å². The predicted octanol–water partition coefficient (Wildman–Crippen LogP) is 5.65. The SMILES string of the molecule is O=C(CN1C(=O)S/C(=C\c2ccccc2Sc2ccccc2)C1=O)Nc1cccc(F)c1. The van der Waals surface area contributed by atoms with Crippen molar-refractivity contribution in [1.82, 2.24) is 4.90 Å². The minimum Gasteiger partial charge on any atom is -0.324 e. The fraction of sp³-hybridized carbons (Fsp3) is 0.0417. The standard InChI is InChI=1S/C24H17FN2O3S2/c25-17-8-6-9-18(14-17)26-22(28)15-27-23(29)21(32-24(27)30)13-16-7-4-5-12-20(16)31-19-10-2-1-3-11-19/h1-14H,15H2,(H,26,28)/b21-13-. The zero-order chi connectivity index (χ0) is 22.5.